The molecule has 3 aliphatic carbocycles. The SMILES string of the molecule is Fc1cnc(N(CC2CC2)C2CC2)c(CNC2CC2)c1. The Labute approximate surface area is 119 Å². The van der Waals surface area contributed by atoms with Crippen molar-refractivity contribution in [1.29, 1.82) is 0 Å². The third-order valence-electron chi connectivity index (χ3n) is 4.48. The van der Waals surface area contributed by atoms with Gasteiger partial charge in [-0.05, 0) is 50.5 Å². The van der Waals surface area contributed by atoms with E-state index in [-0.39, 0.29) is 5.82 Å². The highest BCUT2D eigenvalue weighted by Gasteiger charge is 2.35. The zero-order chi connectivity index (χ0) is 13.5. The summed E-state index contributed by atoms with van der Waals surface area (Å²) >= 11 is 0. The first-order valence-electron chi connectivity index (χ1n) is 7.94. The van der Waals surface area contributed by atoms with Gasteiger partial charge in [-0.1, -0.05) is 0 Å². The van der Waals surface area contributed by atoms with E-state index in [0.29, 0.717) is 12.1 Å². The Balaban J connectivity index is 1.56. The van der Waals surface area contributed by atoms with Gasteiger partial charge in [0, 0.05) is 30.7 Å². The lowest BCUT2D eigenvalue weighted by Crippen LogP contribution is -2.31. The molecule has 20 heavy (non-hydrogen) atoms. The molecule has 1 aromatic rings. The molecule has 4 rings (SSSR count). The Morgan fingerprint density at radius 2 is 2.00 bits per heavy atom. The average molecular weight is 275 g/mol. The van der Waals surface area contributed by atoms with E-state index >= 15 is 0 Å². The minimum atomic E-state index is -0.219. The van der Waals surface area contributed by atoms with Gasteiger partial charge >= 0.3 is 0 Å². The molecule has 0 bridgehead atoms. The molecule has 108 valence electrons. The molecule has 1 N–H and O–H groups in total. The highest BCUT2D eigenvalue weighted by Crippen LogP contribution is 2.38. The molecule has 3 fully saturated rings. The van der Waals surface area contributed by atoms with Crippen LogP contribution < -0.4 is 10.2 Å². The second-order valence-corrected chi connectivity index (χ2v) is 6.62. The van der Waals surface area contributed by atoms with Gasteiger partial charge in [-0.15, -0.1) is 0 Å². The molecular formula is C16H22FN3. The fourth-order valence-corrected chi connectivity index (χ4v) is 2.78. The van der Waals surface area contributed by atoms with Crippen LogP contribution in [0.15, 0.2) is 12.3 Å². The van der Waals surface area contributed by atoms with E-state index in [1.807, 2.05) is 0 Å². The van der Waals surface area contributed by atoms with E-state index in [1.165, 1.54) is 44.7 Å². The van der Waals surface area contributed by atoms with Crippen LogP contribution in [0.4, 0.5) is 10.2 Å². The van der Waals surface area contributed by atoms with E-state index in [0.717, 1.165) is 30.4 Å². The number of rotatable bonds is 7. The molecule has 3 aliphatic rings. The van der Waals surface area contributed by atoms with Crippen LogP contribution in [0.25, 0.3) is 0 Å². The van der Waals surface area contributed by atoms with Gasteiger partial charge in [0.1, 0.15) is 11.6 Å². The van der Waals surface area contributed by atoms with Gasteiger partial charge in [0.05, 0.1) is 6.20 Å². The Hall–Kier alpha value is -1.16. The van der Waals surface area contributed by atoms with Gasteiger partial charge in [-0.2, -0.15) is 0 Å². The van der Waals surface area contributed by atoms with Gasteiger partial charge in [0.2, 0.25) is 0 Å². The minimum absolute atomic E-state index is 0.219. The first-order valence-corrected chi connectivity index (χ1v) is 7.94. The summed E-state index contributed by atoms with van der Waals surface area (Å²) in [5.74, 6) is 1.64. The van der Waals surface area contributed by atoms with E-state index < -0.39 is 0 Å². The minimum Gasteiger partial charge on any atom is -0.353 e. The Bertz CT molecular complexity index is 492. The molecule has 4 heteroatoms. The summed E-state index contributed by atoms with van der Waals surface area (Å²) in [5, 5.41) is 3.49. The van der Waals surface area contributed by atoms with Crippen molar-refractivity contribution in [1.82, 2.24) is 10.3 Å². The lowest BCUT2D eigenvalue weighted by Gasteiger charge is -2.26. The number of hydrogen-bond donors (Lipinski definition) is 1. The van der Waals surface area contributed by atoms with Crippen LogP contribution in [-0.2, 0) is 6.54 Å². The first-order chi connectivity index (χ1) is 9.79. The van der Waals surface area contributed by atoms with Crippen LogP contribution in [0, 0.1) is 11.7 Å². The number of hydrogen-bond acceptors (Lipinski definition) is 3. The Kier molecular flexibility index (Phi) is 3.14. The molecule has 3 saturated carbocycles. The number of halogens is 1. The number of pyridine rings is 1. The van der Waals surface area contributed by atoms with E-state index in [9.17, 15) is 4.39 Å². The molecule has 0 amide bonds. The predicted octanol–water partition coefficient (Wildman–Crippen LogP) is 2.85. The maximum Gasteiger partial charge on any atom is 0.141 e. The van der Waals surface area contributed by atoms with Crippen molar-refractivity contribution < 1.29 is 4.39 Å². The molecule has 0 atom stereocenters. The third kappa shape index (κ3) is 2.95. The van der Waals surface area contributed by atoms with Crippen molar-refractivity contribution in [2.45, 2.75) is 57.2 Å². The van der Waals surface area contributed by atoms with E-state index in [4.69, 9.17) is 0 Å². The van der Waals surface area contributed by atoms with Gasteiger partial charge in [0.25, 0.3) is 0 Å². The van der Waals surface area contributed by atoms with Crippen LogP contribution in [-0.4, -0.2) is 23.6 Å². The van der Waals surface area contributed by atoms with Crippen molar-refractivity contribution >= 4 is 5.82 Å². The molecule has 0 aliphatic heterocycles. The molecule has 0 saturated heterocycles. The fourth-order valence-electron chi connectivity index (χ4n) is 2.78. The normalized spacial score (nSPS) is 22.1. The van der Waals surface area contributed by atoms with Crippen molar-refractivity contribution in [2.24, 2.45) is 5.92 Å². The van der Waals surface area contributed by atoms with E-state index in [1.54, 1.807) is 6.07 Å². The van der Waals surface area contributed by atoms with Crippen LogP contribution in [0.2, 0.25) is 0 Å². The fraction of sp³-hybridized carbons (Fsp3) is 0.688. The number of nitrogens with one attached hydrogen (secondary N) is 1. The van der Waals surface area contributed by atoms with Crippen molar-refractivity contribution in [3.63, 3.8) is 0 Å². The summed E-state index contributed by atoms with van der Waals surface area (Å²) in [6, 6.07) is 2.96. The largest absolute Gasteiger partial charge is 0.353 e. The number of nitrogens with zero attached hydrogens (tertiary/aromatic N) is 2. The molecule has 0 unspecified atom stereocenters. The monoisotopic (exact) mass is 275 g/mol. The summed E-state index contributed by atoms with van der Waals surface area (Å²) in [6.07, 6.45) is 9.11. The van der Waals surface area contributed by atoms with Gasteiger partial charge < -0.3 is 10.2 Å². The topological polar surface area (TPSA) is 28.2 Å². The molecule has 0 spiro atoms. The third-order valence-corrected chi connectivity index (χ3v) is 4.48. The van der Waals surface area contributed by atoms with E-state index in [2.05, 4.69) is 15.2 Å². The van der Waals surface area contributed by atoms with Gasteiger partial charge in [-0.3, -0.25) is 0 Å². The second-order valence-electron chi connectivity index (χ2n) is 6.62. The van der Waals surface area contributed by atoms with Crippen LogP contribution >= 0.6 is 0 Å². The second kappa shape index (κ2) is 4.99. The van der Waals surface area contributed by atoms with Crippen LogP contribution in [0.1, 0.15) is 44.1 Å². The lowest BCUT2D eigenvalue weighted by molar-refractivity contribution is 0.607. The Morgan fingerprint density at radius 1 is 1.20 bits per heavy atom. The molecule has 1 heterocycles. The molecule has 0 aromatic carbocycles. The standard InChI is InChI=1S/C16H22FN3/c17-13-7-12(8-18-14-3-4-14)16(19-9-13)20(15-5-6-15)10-11-1-2-11/h7,9,11,14-15,18H,1-6,8,10H2. The summed E-state index contributed by atoms with van der Waals surface area (Å²) in [6.45, 7) is 1.86. The quantitative estimate of drug-likeness (QED) is 0.829. The smallest absolute Gasteiger partial charge is 0.141 e. The van der Waals surface area contributed by atoms with Crippen LogP contribution in [0.5, 0.6) is 0 Å². The zero-order valence-electron chi connectivity index (χ0n) is 11.8. The van der Waals surface area contributed by atoms with Crippen molar-refractivity contribution in [3.05, 3.63) is 23.6 Å². The van der Waals surface area contributed by atoms with Gasteiger partial charge in [-0.25, -0.2) is 9.37 Å². The molecule has 3 nitrogen and oxygen atoms in total. The van der Waals surface area contributed by atoms with Crippen molar-refractivity contribution in [2.75, 3.05) is 11.4 Å². The molecule has 0 radical (unpaired) electrons. The zero-order valence-corrected chi connectivity index (χ0v) is 11.8. The molecule has 1 aromatic heterocycles. The summed E-state index contributed by atoms with van der Waals surface area (Å²) in [5.41, 5.74) is 1.03. The molecular weight excluding hydrogens is 253 g/mol. The predicted molar refractivity (Wildman–Crippen MR) is 77.1 cm³/mol. The number of aromatic nitrogens is 1. The summed E-state index contributed by atoms with van der Waals surface area (Å²) < 4.78 is 13.5. The summed E-state index contributed by atoms with van der Waals surface area (Å²) in [4.78, 5) is 6.88. The van der Waals surface area contributed by atoms with Crippen LogP contribution in [0.3, 0.4) is 0 Å². The average Bonchev–Trinajstić information content (AvgIpc) is 3.24. The number of anilines is 1. The first kappa shape index (κ1) is 12.6. The lowest BCUT2D eigenvalue weighted by atomic mass is 10.2. The maximum absolute atomic E-state index is 13.5. The highest BCUT2D eigenvalue weighted by atomic mass is 19.1. The highest BCUT2D eigenvalue weighted by molar-refractivity contribution is 5.49. The van der Waals surface area contributed by atoms with Gasteiger partial charge in [0.15, 0.2) is 0 Å². The van der Waals surface area contributed by atoms with Crippen molar-refractivity contribution in [3.8, 4) is 0 Å². The summed E-state index contributed by atoms with van der Waals surface area (Å²) in [7, 11) is 0. The maximum atomic E-state index is 13.5. The Morgan fingerprint density at radius 3 is 2.65 bits per heavy atom.